The molecule has 1 aromatic heterocycles. The van der Waals surface area contributed by atoms with Gasteiger partial charge in [-0.15, -0.1) is 0 Å². The summed E-state index contributed by atoms with van der Waals surface area (Å²) in [5.41, 5.74) is -0.481. The van der Waals surface area contributed by atoms with Gasteiger partial charge in [-0.3, -0.25) is 4.68 Å². The summed E-state index contributed by atoms with van der Waals surface area (Å²) in [6.45, 7) is 0.132. The minimum absolute atomic E-state index is 0.132. The van der Waals surface area contributed by atoms with Crippen LogP contribution >= 0.6 is 23.2 Å². The van der Waals surface area contributed by atoms with Crippen LogP contribution in [0.1, 0.15) is 11.1 Å². The second-order valence-electron chi connectivity index (χ2n) is 5.19. The lowest BCUT2D eigenvalue weighted by molar-refractivity contribution is 0.0574. The van der Waals surface area contributed by atoms with Gasteiger partial charge in [0.25, 0.3) is 0 Å². The van der Waals surface area contributed by atoms with Crippen molar-refractivity contribution in [3.63, 3.8) is 0 Å². The minimum atomic E-state index is -1.47. The highest BCUT2D eigenvalue weighted by molar-refractivity contribution is 6.35. The predicted octanol–water partition coefficient (Wildman–Crippen LogP) is 4.27. The Morgan fingerprint density at radius 2 is 1.87 bits per heavy atom. The summed E-state index contributed by atoms with van der Waals surface area (Å²) in [7, 11) is 0. The van der Waals surface area contributed by atoms with Crippen LogP contribution in [0.3, 0.4) is 0 Å². The lowest BCUT2D eigenvalue weighted by Crippen LogP contribution is -2.33. The maximum absolute atomic E-state index is 13.2. The molecular weight excluding hydrogens is 338 g/mol. The molecule has 1 unspecified atom stereocenters. The van der Waals surface area contributed by atoms with E-state index in [9.17, 15) is 9.50 Å². The van der Waals surface area contributed by atoms with E-state index in [2.05, 4.69) is 5.10 Å². The summed E-state index contributed by atoms with van der Waals surface area (Å²) in [6.07, 6.45) is 3.35. The van der Waals surface area contributed by atoms with Crippen molar-refractivity contribution in [1.82, 2.24) is 9.78 Å². The van der Waals surface area contributed by atoms with E-state index in [1.54, 1.807) is 41.3 Å². The number of rotatable bonds is 4. The first-order chi connectivity index (χ1) is 11.0. The maximum atomic E-state index is 13.2. The van der Waals surface area contributed by atoms with Crippen molar-refractivity contribution in [2.75, 3.05) is 0 Å². The van der Waals surface area contributed by atoms with Crippen molar-refractivity contribution >= 4 is 23.2 Å². The van der Waals surface area contributed by atoms with E-state index in [1.807, 2.05) is 0 Å². The average molecular weight is 351 g/mol. The Kier molecular flexibility index (Phi) is 4.39. The molecule has 0 bridgehead atoms. The van der Waals surface area contributed by atoms with Gasteiger partial charge in [0.15, 0.2) is 0 Å². The molecule has 2 aromatic carbocycles. The van der Waals surface area contributed by atoms with Crippen molar-refractivity contribution in [2.24, 2.45) is 0 Å². The van der Waals surface area contributed by atoms with E-state index < -0.39 is 5.60 Å². The molecule has 3 aromatic rings. The Morgan fingerprint density at radius 3 is 2.48 bits per heavy atom. The number of benzene rings is 2. The Labute approximate surface area is 142 Å². The zero-order valence-corrected chi connectivity index (χ0v) is 13.5. The highest BCUT2D eigenvalue weighted by Gasteiger charge is 2.34. The second kappa shape index (κ2) is 6.32. The van der Waals surface area contributed by atoms with E-state index in [4.69, 9.17) is 23.2 Å². The van der Waals surface area contributed by atoms with Gasteiger partial charge in [0, 0.05) is 28.0 Å². The number of aromatic nitrogens is 2. The third kappa shape index (κ3) is 3.24. The molecule has 1 atom stereocenters. The first-order valence-electron chi connectivity index (χ1n) is 6.90. The first kappa shape index (κ1) is 16.0. The Morgan fingerprint density at radius 1 is 1.13 bits per heavy atom. The lowest BCUT2D eigenvalue weighted by atomic mass is 9.86. The Bertz CT molecular complexity index is 806. The first-order valence-corrected chi connectivity index (χ1v) is 7.66. The van der Waals surface area contributed by atoms with Crippen LogP contribution in [0.5, 0.6) is 0 Å². The van der Waals surface area contributed by atoms with Crippen LogP contribution in [0.15, 0.2) is 60.9 Å². The fraction of sp³-hybridized carbons (Fsp3) is 0.118. The topological polar surface area (TPSA) is 38.0 Å². The summed E-state index contributed by atoms with van der Waals surface area (Å²) in [5.74, 6) is -0.377. The van der Waals surface area contributed by atoms with Crippen LogP contribution in [0.25, 0.3) is 0 Å². The van der Waals surface area contributed by atoms with Crippen LogP contribution < -0.4 is 0 Å². The largest absolute Gasteiger partial charge is 0.378 e. The third-order valence-electron chi connectivity index (χ3n) is 3.65. The molecule has 3 nitrogen and oxygen atoms in total. The molecule has 0 aliphatic heterocycles. The summed E-state index contributed by atoms with van der Waals surface area (Å²) in [6, 6.07) is 12.3. The molecule has 0 aliphatic rings. The van der Waals surface area contributed by atoms with E-state index in [0.29, 0.717) is 21.2 Å². The molecule has 0 aliphatic carbocycles. The van der Waals surface area contributed by atoms with Gasteiger partial charge in [-0.2, -0.15) is 5.10 Å². The van der Waals surface area contributed by atoms with E-state index in [0.717, 1.165) is 0 Å². The second-order valence-corrected chi connectivity index (χ2v) is 6.04. The molecule has 6 heteroatoms. The van der Waals surface area contributed by atoms with Crippen LogP contribution in [-0.4, -0.2) is 14.9 Å². The number of aliphatic hydroxyl groups is 1. The van der Waals surface area contributed by atoms with Crippen molar-refractivity contribution in [1.29, 1.82) is 0 Å². The summed E-state index contributed by atoms with van der Waals surface area (Å²) >= 11 is 12.2. The molecule has 1 N–H and O–H groups in total. The number of hydrogen-bond donors (Lipinski definition) is 1. The molecule has 0 saturated heterocycles. The zero-order valence-electron chi connectivity index (χ0n) is 12.0. The zero-order chi connectivity index (χ0) is 16.4. The van der Waals surface area contributed by atoms with Crippen LogP contribution in [0.4, 0.5) is 4.39 Å². The standard InChI is InChI=1S/C17H13Cl2FN2O/c18-13-4-7-15(16(19)10-13)17(23,11-22-9-1-8-21-22)12-2-5-14(20)6-3-12/h1-10,23H,11H2. The van der Waals surface area contributed by atoms with Gasteiger partial charge in [0.2, 0.25) is 0 Å². The molecule has 0 radical (unpaired) electrons. The number of hydrogen-bond acceptors (Lipinski definition) is 2. The maximum Gasteiger partial charge on any atom is 0.136 e. The van der Waals surface area contributed by atoms with Crippen molar-refractivity contribution in [3.8, 4) is 0 Å². The average Bonchev–Trinajstić information content (AvgIpc) is 3.00. The lowest BCUT2D eigenvalue weighted by Gasteiger charge is -2.30. The predicted molar refractivity (Wildman–Crippen MR) is 88.1 cm³/mol. The Hall–Kier alpha value is -1.88. The summed E-state index contributed by atoms with van der Waals surface area (Å²) in [5, 5.41) is 16.3. The molecular formula is C17H13Cl2FN2O. The highest BCUT2D eigenvalue weighted by atomic mass is 35.5. The molecule has 3 rings (SSSR count). The molecule has 0 fully saturated rings. The van der Waals surface area contributed by atoms with Gasteiger partial charge in [-0.1, -0.05) is 41.4 Å². The fourth-order valence-electron chi connectivity index (χ4n) is 2.51. The van der Waals surface area contributed by atoms with Crippen LogP contribution in [0, 0.1) is 5.82 Å². The number of halogens is 3. The minimum Gasteiger partial charge on any atom is -0.378 e. The van der Waals surface area contributed by atoms with E-state index in [-0.39, 0.29) is 12.4 Å². The molecule has 0 spiro atoms. The fourth-order valence-corrected chi connectivity index (χ4v) is 3.08. The smallest absolute Gasteiger partial charge is 0.136 e. The highest BCUT2D eigenvalue weighted by Crippen LogP contribution is 2.37. The van der Waals surface area contributed by atoms with Gasteiger partial charge in [-0.05, 0) is 35.9 Å². The quantitative estimate of drug-likeness (QED) is 0.763. The third-order valence-corrected chi connectivity index (χ3v) is 4.20. The molecule has 0 saturated carbocycles. The number of nitrogens with zero attached hydrogens (tertiary/aromatic N) is 2. The summed E-state index contributed by atoms with van der Waals surface area (Å²) in [4.78, 5) is 0. The van der Waals surface area contributed by atoms with Gasteiger partial charge in [-0.25, -0.2) is 4.39 Å². The molecule has 1 heterocycles. The molecule has 0 amide bonds. The summed E-state index contributed by atoms with van der Waals surface area (Å²) < 4.78 is 14.8. The normalized spacial score (nSPS) is 13.7. The van der Waals surface area contributed by atoms with E-state index >= 15 is 0 Å². The van der Waals surface area contributed by atoms with Gasteiger partial charge in [0.1, 0.15) is 11.4 Å². The van der Waals surface area contributed by atoms with Gasteiger partial charge in [0.05, 0.1) is 6.54 Å². The van der Waals surface area contributed by atoms with Crippen LogP contribution in [-0.2, 0) is 12.1 Å². The van der Waals surface area contributed by atoms with Crippen molar-refractivity contribution in [2.45, 2.75) is 12.1 Å². The SMILES string of the molecule is OC(Cn1cccn1)(c1ccc(F)cc1)c1ccc(Cl)cc1Cl. The van der Waals surface area contributed by atoms with Crippen molar-refractivity contribution < 1.29 is 9.50 Å². The molecule has 118 valence electrons. The van der Waals surface area contributed by atoms with Gasteiger partial charge < -0.3 is 5.11 Å². The molecule has 23 heavy (non-hydrogen) atoms. The van der Waals surface area contributed by atoms with Crippen LogP contribution in [0.2, 0.25) is 10.0 Å². The monoisotopic (exact) mass is 350 g/mol. The van der Waals surface area contributed by atoms with Gasteiger partial charge >= 0.3 is 0 Å². The van der Waals surface area contributed by atoms with E-state index in [1.165, 1.54) is 24.3 Å². The Balaban J connectivity index is 2.14. The van der Waals surface area contributed by atoms with Crippen molar-refractivity contribution in [3.05, 3.63) is 87.9 Å².